The molecule has 1 aromatic carbocycles. The van der Waals surface area contributed by atoms with Gasteiger partial charge in [0.05, 0.1) is 12.7 Å². The van der Waals surface area contributed by atoms with E-state index in [4.69, 9.17) is 4.74 Å². The zero-order valence-corrected chi connectivity index (χ0v) is 17.9. The summed E-state index contributed by atoms with van der Waals surface area (Å²) in [6.07, 6.45) is 7.99. The number of unbranched alkanes of at least 4 members (excludes halogenated alkanes) is 1. The number of fused-ring (bicyclic) bond motifs is 1. The number of aromatic nitrogens is 1. The number of carbonyl (C=O) groups is 1. The van der Waals surface area contributed by atoms with Crippen molar-refractivity contribution in [2.24, 2.45) is 0 Å². The maximum Gasteiger partial charge on any atom is 0.248 e. The second kappa shape index (κ2) is 11.2. The molecule has 1 unspecified atom stereocenters. The van der Waals surface area contributed by atoms with Crippen LogP contribution in [-0.4, -0.2) is 46.2 Å². The molecule has 2 aromatic rings. The van der Waals surface area contributed by atoms with Crippen LogP contribution in [0.3, 0.4) is 0 Å². The molecular formula is C24H34N2O4. The fourth-order valence-electron chi connectivity index (χ4n) is 4.14. The van der Waals surface area contributed by atoms with Gasteiger partial charge in [-0.25, -0.2) is 0 Å². The quantitative estimate of drug-likeness (QED) is 0.576. The number of nitrogens with one attached hydrogen (secondary N) is 1. The number of hydrogen-bond donors (Lipinski definition) is 2. The average molecular weight is 415 g/mol. The van der Waals surface area contributed by atoms with Crippen LogP contribution < -0.4 is 10.3 Å². The lowest BCUT2D eigenvalue weighted by molar-refractivity contribution is -0.136. The smallest absolute Gasteiger partial charge is 0.248 e. The SMILES string of the molecule is CCC(O)CN(C(=O)CCCCOc1ccc2[nH]c(=O)ccc2c1)C1CCCCC1. The molecule has 2 N–H and O–H groups in total. The molecule has 1 atom stereocenters. The van der Waals surface area contributed by atoms with Crippen LogP contribution in [0.2, 0.25) is 0 Å². The molecule has 1 heterocycles. The molecule has 164 valence electrons. The van der Waals surface area contributed by atoms with Gasteiger partial charge in [-0.2, -0.15) is 0 Å². The number of aliphatic hydroxyl groups is 1. The highest BCUT2D eigenvalue weighted by Crippen LogP contribution is 2.24. The summed E-state index contributed by atoms with van der Waals surface area (Å²) in [5.41, 5.74) is 0.673. The first-order valence-corrected chi connectivity index (χ1v) is 11.3. The Morgan fingerprint density at radius 2 is 2.00 bits per heavy atom. The Balaban J connectivity index is 1.45. The Bertz CT molecular complexity index is 873. The fourth-order valence-corrected chi connectivity index (χ4v) is 4.14. The number of aromatic amines is 1. The highest BCUT2D eigenvalue weighted by Gasteiger charge is 2.26. The highest BCUT2D eigenvalue weighted by atomic mass is 16.5. The summed E-state index contributed by atoms with van der Waals surface area (Å²) in [4.78, 5) is 28.9. The molecule has 1 aliphatic carbocycles. The Kier molecular flexibility index (Phi) is 8.31. The molecule has 1 aliphatic rings. The van der Waals surface area contributed by atoms with Gasteiger partial charge in [0.1, 0.15) is 5.75 Å². The predicted octanol–water partition coefficient (Wildman–Crippen LogP) is 4.01. The lowest BCUT2D eigenvalue weighted by atomic mass is 9.93. The van der Waals surface area contributed by atoms with Crippen molar-refractivity contribution in [3.63, 3.8) is 0 Å². The summed E-state index contributed by atoms with van der Waals surface area (Å²) >= 11 is 0. The van der Waals surface area contributed by atoms with E-state index in [1.54, 1.807) is 6.07 Å². The topological polar surface area (TPSA) is 82.6 Å². The van der Waals surface area contributed by atoms with E-state index < -0.39 is 6.10 Å². The fraction of sp³-hybridized carbons (Fsp3) is 0.583. The Morgan fingerprint density at radius 3 is 2.77 bits per heavy atom. The summed E-state index contributed by atoms with van der Waals surface area (Å²) in [6.45, 7) is 2.95. The second-order valence-electron chi connectivity index (χ2n) is 8.28. The molecule has 0 aliphatic heterocycles. The first kappa shape index (κ1) is 22.3. The maximum atomic E-state index is 12.8. The van der Waals surface area contributed by atoms with Crippen LogP contribution in [-0.2, 0) is 4.79 Å². The number of carbonyl (C=O) groups excluding carboxylic acids is 1. The number of hydrogen-bond acceptors (Lipinski definition) is 4. The first-order chi connectivity index (χ1) is 14.6. The molecule has 1 fully saturated rings. The monoisotopic (exact) mass is 414 g/mol. The van der Waals surface area contributed by atoms with Gasteiger partial charge < -0.3 is 19.7 Å². The van der Waals surface area contributed by atoms with Crippen molar-refractivity contribution in [1.82, 2.24) is 9.88 Å². The van der Waals surface area contributed by atoms with Crippen molar-refractivity contribution in [2.75, 3.05) is 13.2 Å². The van der Waals surface area contributed by atoms with Gasteiger partial charge in [0.25, 0.3) is 0 Å². The molecule has 0 radical (unpaired) electrons. The normalized spacial score (nSPS) is 15.8. The van der Waals surface area contributed by atoms with Crippen LogP contribution in [0.25, 0.3) is 10.9 Å². The van der Waals surface area contributed by atoms with E-state index in [0.29, 0.717) is 26.0 Å². The van der Waals surface area contributed by atoms with Crippen LogP contribution >= 0.6 is 0 Å². The third kappa shape index (κ3) is 6.33. The van der Waals surface area contributed by atoms with Gasteiger partial charge in [0.2, 0.25) is 11.5 Å². The number of H-pyrrole nitrogens is 1. The molecule has 0 spiro atoms. The summed E-state index contributed by atoms with van der Waals surface area (Å²) in [6, 6.07) is 9.17. The zero-order valence-electron chi connectivity index (χ0n) is 17.9. The number of nitrogens with zero attached hydrogens (tertiary/aromatic N) is 1. The minimum absolute atomic E-state index is 0.116. The van der Waals surface area contributed by atoms with Crippen LogP contribution in [0.5, 0.6) is 5.75 Å². The predicted molar refractivity (Wildman–Crippen MR) is 119 cm³/mol. The zero-order chi connectivity index (χ0) is 21.3. The molecule has 1 saturated carbocycles. The van der Waals surface area contributed by atoms with Crippen molar-refractivity contribution >= 4 is 16.8 Å². The Hall–Kier alpha value is -2.34. The van der Waals surface area contributed by atoms with Gasteiger partial charge in [-0.05, 0) is 56.4 Å². The standard InChI is InChI=1S/C24H34N2O4/c1-2-20(27)17-26(19-8-4-3-5-9-19)24(29)10-6-7-15-30-21-12-13-22-18(16-21)11-14-23(28)25-22/h11-14,16,19-20,27H,2-10,15,17H2,1H3,(H,25,28). The summed E-state index contributed by atoms with van der Waals surface area (Å²) in [7, 11) is 0. The number of aliphatic hydroxyl groups excluding tert-OH is 1. The van der Waals surface area contributed by atoms with Crippen molar-refractivity contribution in [2.45, 2.75) is 76.9 Å². The van der Waals surface area contributed by atoms with Gasteiger partial charge in [-0.15, -0.1) is 0 Å². The van der Waals surface area contributed by atoms with E-state index in [0.717, 1.165) is 42.3 Å². The average Bonchev–Trinajstić information content (AvgIpc) is 2.77. The molecule has 1 aromatic heterocycles. The molecule has 3 rings (SSSR count). The van der Waals surface area contributed by atoms with Crippen molar-refractivity contribution < 1.29 is 14.6 Å². The molecule has 0 bridgehead atoms. The van der Waals surface area contributed by atoms with E-state index in [1.807, 2.05) is 30.0 Å². The van der Waals surface area contributed by atoms with Crippen molar-refractivity contribution in [1.29, 1.82) is 0 Å². The highest BCUT2D eigenvalue weighted by molar-refractivity contribution is 5.79. The lowest BCUT2D eigenvalue weighted by Gasteiger charge is -2.35. The number of pyridine rings is 1. The van der Waals surface area contributed by atoms with E-state index in [2.05, 4.69) is 4.98 Å². The van der Waals surface area contributed by atoms with Gasteiger partial charge in [0.15, 0.2) is 0 Å². The molecular weight excluding hydrogens is 380 g/mol. The largest absolute Gasteiger partial charge is 0.494 e. The van der Waals surface area contributed by atoms with Gasteiger partial charge in [-0.1, -0.05) is 26.2 Å². The van der Waals surface area contributed by atoms with Gasteiger partial charge in [0, 0.05) is 36.0 Å². The second-order valence-corrected chi connectivity index (χ2v) is 8.28. The van der Waals surface area contributed by atoms with Crippen LogP contribution in [0.15, 0.2) is 35.1 Å². The minimum atomic E-state index is -0.443. The third-order valence-electron chi connectivity index (χ3n) is 5.96. The van der Waals surface area contributed by atoms with Crippen LogP contribution in [0.4, 0.5) is 0 Å². The molecule has 0 saturated heterocycles. The maximum absolute atomic E-state index is 12.8. The molecule has 6 heteroatoms. The minimum Gasteiger partial charge on any atom is -0.494 e. The van der Waals surface area contributed by atoms with E-state index in [1.165, 1.54) is 25.3 Å². The number of amides is 1. The summed E-state index contributed by atoms with van der Waals surface area (Å²) in [5, 5.41) is 11.0. The number of ether oxygens (including phenoxy) is 1. The Labute approximate surface area is 178 Å². The van der Waals surface area contributed by atoms with Gasteiger partial charge in [-0.3, -0.25) is 9.59 Å². The first-order valence-electron chi connectivity index (χ1n) is 11.3. The molecule has 6 nitrogen and oxygen atoms in total. The van der Waals surface area contributed by atoms with Crippen molar-refractivity contribution in [3.8, 4) is 5.75 Å². The molecule has 30 heavy (non-hydrogen) atoms. The van der Waals surface area contributed by atoms with Crippen molar-refractivity contribution in [3.05, 3.63) is 40.7 Å². The van der Waals surface area contributed by atoms with Gasteiger partial charge >= 0.3 is 0 Å². The number of rotatable bonds is 10. The summed E-state index contributed by atoms with van der Waals surface area (Å²) < 4.78 is 5.83. The van der Waals surface area contributed by atoms with E-state index >= 15 is 0 Å². The number of benzene rings is 1. The van der Waals surface area contributed by atoms with Crippen LogP contribution in [0.1, 0.15) is 64.7 Å². The summed E-state index contributed by atoms with van der Waals surface area (Å²) in [5.74, 6) is 0.917. The van der Waals surface area contributed by atoms with E-state index in [9.17, 15) is 14.7 Å². The Morgan fingerprint density at radius 1 is 1.20 bits per heavy atom. The van der Waals surface area contributed by atoms with E-state index in [-0.39, 0.29) is 17.5 Å². The molecule has 1 amide bonds. The third-order valence-corrected chi connectivity index (χ3v) is 5.96. The van der Waals surface area contributed by atoms with Crippen LogP contribution in [0, 0.1) is 0 Å². The lowest BCUT2D eigenvalue weighted by Crippen LogP contribution is -2.45.